The van der Waals surface area contributed by atoms with E-state index in [1.165, 1.54) is 15.2 Å². The van der Waals surface area contributed by atoms with Gasteiger partial charge in [0.15, 0.2) is 10.8 Å². The van der Waals surface area contributed by atoms with Crippen molar-refractivity contribution in [3.05, 3.63) is 6.33 Å². The Morgan fingerprint density at radius 2 is 1.88 bits per heavy atom. The Balaban J connectivity index is 2.39. The van der Waals surface area contributed by atoms with Crippen LogP contribution in [0.2, 0.25) is 0 Å². The van der Waals surface area contributed by atoms with Crippen LogP contribution in [0.1, 0.15) is 13.8 Å². The van der Waals surface area contributed by atoms with Crippen molar-refractivity contribution in [1.82, 2.24) is 13.9 Å². The zero-order valence-electron chi connectivity index (χ0n) is 10.3. The minimum Gasteiger partial charge on any atom is -0.381 e. The summed E-state index contributed by atoms with van der Waals surface area (Å²) in [6, 6.07) is 0. The molecule has 2 atom stereocenters. The summed E-state index contributed by atoms with van der Waals surface area (Å²) in [4.78, 5) is 3.83. The van der Waals surface area contributed by atoms with Gasteiger partial charge in [0.25, 0.3) is 10.0 Å². The number of aryl methyl sites for hydroxylation is 1. The first-order valence-electron chi connectivity index (χ1n) is 5.61. The molecule has 2 unspecified atom stereocenters. The molecule has 1 aliphatic rings. The summed E-state index contributed by atoms with van der Waals surface area (Å²) in [5, 5.41) is 0.0961. The van der Waals surface area contributed by atoms with E-state index in [1.54, 1.807) is 7.05 Å². The van der Waals surface area contributed by atoms with Gasteiger partial charge in [-0.05, 0) is 11.8 Å². The Kier molecular flexibility index (Phi) is 2.90. The molecule has 0 aliphatic carbocycles. The number of nitrogen functional groups attached to an aromatic ring is 1. The topological polar surface area (TPSA) is 81.2 Å². The molecule has 0 amide bonds. The summed E-state index contributed by atoms with van der Waals surface area (Å²) in [5.41, 5.74) is 5.63. The molecule has 96 valence electrons. The lowest BCUT2D eigenvalue weighted by molar-refractivity contribution is 0.457. The van der Waals surface area contributed by atoms with Gasteiger partial charge in [-0.15, -0.1) is 0 Å². The number of nitrogens with zero attached hydrogens (tertiary/aromatic N) is 3. The smallest absolute Gasteiger partial charge is 0.262 e. The molecule has 2 heterocycles. The van der Waals surface area contributed by atoms with Crippen molar-refractivity contribution in [3.63, 3.8) is 0 Å². The van der Waals surface area contributed by atoms with Crippen molar-refractivity contribution in [2.45, 2.75) is 18.9 Å². The average Bonchev–Trinajstić information content (AvgIpc) is 2.72. The molecule has 0 bridgehead atoms. The van der Waals surface area contributed by atoms with Gasteiger partial charge in [-0.25, -0.2) is 13.4 Å². The van der Waals surface area contributed by atoms with Gasteiger partial charge >= 0.3 is 0 Å². The fraction of sp³-hybridized carbons (Fsp3) is 0.700. The molecule has 0 spiro atoms. The Morgan fingerprint density at radius 3 is 2.29 bits per heavy atom. The molecule has 17 heavy (non-hydrogen) atoms. The van der Waals surface area contributed by atoms with E-state index >= 15 is 0 Å². The third kappa shape index (κ3) is 1.93. The number of nitrogens with two attached hydrogens (primary N) is 1. The molecule has 1 fully saturated rings. The van der Waals surface area contributed by atoms with E-state index in [2.05, 4.69) is 18.8 Å². The molecule has 7 heteroatoms. The van der Waals surface area contributed by atoms with Crippen molar-refractivity contribution in [2.24, 2.45) is 18.9 Å². The van der Waals surface area contributed by atoms with E-state index in [0.717, 1.165) is 0 Å². The van der Waals surface area contributed by atoms with E-state index in [0.29, 0.717) is 24.9 Å². The zero-order valence-corrected chi connectivity index (χ0v) is 11.1. The van der Waals surface area contributed by atoms with Gasteiger partial charge in [0, 0.05) is 20.1 Å². The van der Waals surface area contributed by atoms with E-state index in [4.69, 9.17) is 5.73 Å². The summed E-state index contributed by atoms with van der Waals surface area (Å²) >= 11 is 0. The van der Waals surface area contributed by atoms with Crippen LogP contribution in [0.5, 0.6) is 0 Å². The molecular formula is C10H18N4O2S. The summed E-state index contributed by atoms with van der Waals surface area (Å²) in [6.07, 6.45) is 1.42. The maximum absolute atomic E-state index is 12.4. The maximum Gasteiger partial charge on any atom is 0.262 e. The lowest BCUT2D eigenvalue weighted by Crippen LogP contribution is -2.31. The van der Waals surface area contributed by atoms with Crippen molar-refractivity contribution in [1.29, 1.82) is 0 Å². The predicted octanol–water partition coefficient (Wildman–Crippen LogP) is 0.279. The summed E-state index contributed by atoms with van der Waals surface area (Å²) in [6.45, 7) is 5.22. The molecule has 2 N–H and O–H groups in total. The first-order chi connectivity index (χ1) is 7.84. The third-order valence-corrected chi connectivity index (χ3v) is 5.41. The van der Waals surface area contributed by atoms with Crippen molar-refractivity contribution in [3.8, 4) is 0 Å². The van der Waals surface area contributed by atoms with Crippen LogP contribution in [0.25, 0.3) is 0 Å². The normalized spacial score (nSPS) is 26.5. The van der Waals surface area contributed by atoms with Crippen molar-refractivity contribution >= 4 is 15.8 Å². The third-order valence-electron chi connectivity index (χ3n) is 3.45. The van der Waals surface area contributed by atoms with Gasteiger partial charge in [-0.2, -0.15) is 4.31 Å². The highest BCUT2D eigenvalue weighted by atomic mass is 32.2. The van der Waals surface area contributed by atoms with Crippen LogP contribution < -0.4 is 5.73 Å². The van der Waals surface area contributed by atoms with Crippen molar-refractivity contribution in [2.75, 3.05) is 18.8 Å². The number of anilines is 1. The van der Waals surface area contributed by atoms with Crippen LogP contribution in [-0.2, 0) is 17.1 Å². The molecule has 0 saturated carbocycles. The minimum atomic E-state index is -3.51. The number of sulfonamides is 1. The predicted molar refractivity (Wildman–Crippen MR) is 64.7 cm³/mol. The number of hydrogen-bond acceptors (Lipinski definition) is 4. The maximum atomic E-state index is 12.4. The van der Waals surface area contributed by atoms with E-state index < -0.39 is 10.0 Å². The monoisotopic (exact) mass is 258 g/mol. The number of imidazole rings is 1. The van der Waals surface area contributed by atoms with Crippen LogP contribution in [0.4, 0.5) is 5.82 Å². The standard InChI is InChI=1S/C10H18N4O2S/c1-7-4-14(5-8(7)2)17(15,16)10-9(11)12-6-13(10)3/h6-8H,4-5,11H2,1-3H3. The number of hydrogen-bond donors (Lipinski definition) is 1. The molecule has 0 aromatic carbocycles. The lowest BCUT2D eigenvalue weighted by atomic mass is 10.0. The largest absolute Gasteiger partial charge is 0.381 e. The van der Waals surface area contributed by atoms with Crippen LogP contribution in [0.3, 0.4) is 0 Å². The molecule has 1 aliphatic heterocycles. The SMILES string of the molecule is CC1CN(S(=O)(=O)c2c(N)ncn2C)CC1C. The minimum absolute atomic E-state index is 0.0692. The quantitative estimate of drug-likeness (QED) is 0.826. The Bertz CT molecular complexity index is 493. The summed E-state index contributed by atoms with van der Waals surface area (Å²) < 4.78 is 27.8. The average molecular weight is 258 g/mol. The van der Waals surface area contributed by atoms with Crippen molar-refractivity contribution < 1.29 is 8.42 Å². The number of rotatable bonds is 2. The first kappa shape index (κ1) is 12.4. The fourth-order valence-corrected chi connectivity index (χ4v) is 3.98. The first-order valence-corrected chi connectivity index (χ1v) is 7.05. The highest BCUT2D eigenvalue weighted by Crippen LogP contribution is 2.29. The molecule has 2 rings (SSSR count). The lowest BCUT2D eigenvalue weighted by Gasteiger charge is -2.16. The van der Waals surface area contributed by atoms with Gasteiger partial charge in [-0.1, -0.05) is 13.8 Å². The molecule has 1 aromatic rings. The summed E-state index contributed by atoms with van der Waals surface area (Å²) in [7, 11) is -1.88. The van der Waals surface area contributed by atoms with Crippen LogP contribution >= 0.6 is 0 Å². The fourth-order valence-electron chi connectivity index (χ4n) is 2.15. The second-order valence-electron chi connectivity index (χ2n) is 4.82. The molecule has 6 nitrogen and oxygen atoms in total. The van der Waals surface area contributed by atoms with Gasteiger partial charge in [-0.3, -0.25) is 0 Å². The highest BCUT2D eigenvalue weighted by Gasteiger charge is 2.37. The van der Waals surface area contributed by atoms with Crippen LogP contribution in [0, 0.1) is 11.8 Å². The van der Waals surface area contributed by atoms with E-state index in [-0.39, 0.29) is 10.8 Å². The Labute approximate surface area is 101 Å². The van der Waals surface area contributed by atoms with Crippen LogP contribution in [0.15, 0.2) is 11.4 Å². The second-order valence-corrected chi connectivity index (χ2v) is 6.68. The van der Waals surface area contributed by atoms with Gasteiger partial charge in [0.1, 0.15) is 0 Å². The van der Waals surface area contributed by atoms with E-state index in [9.17, 15) is 8.42 Å². The molecule has 0 radical (unpaired) electrons. The summed E-state index contributed by atoms with van der Waals surface area (Å²) in [5.74, 6) is 0.818. The Hall–Kier alpha value is -1.08. The molecule has 1 aromatic heterocycles. The molecule has 1 saturated heterocycles. The number of aromatic nitrogens is 2. The Morgan fingerprint density at radius 1 is 1.35 bits per heavy atom. The second kappa shape index (κ2) is 3.99. The van der Waals surface area contributed by atoms with E-state index in [1.807, 2.05) is 0 Å². The van der Waals surface area contributed by atoms with Gasteiger partial charge < -0.3 is 10.3 Å². The molecular weight excluding hydrogens is 240 g/mol. The highest BCUT2D eigenvalue weighted by molar-refractivity contribution is 7.89. The van der Waals surface area contributed by atoms with Gasteiger partial charge in [0.2, 0.25) is 0 Å². The zero-order chi connectivity index (χ0) is 12.8. The van der Waals surface area contributed by atoms with Gasteiger partial charge in [0.05, 0.1) is 6.33 Å². The van der Waals surface area contributed by atoms with Crippen LogP contribution in [-0.4, -0.2) is 35.4 Å².